The van der Waals surface area contributed by atoms with E-state index in [-0.39, 0.29) is 11.7 Å². The third-order valence-electron chi connectivity index (χ3n) is 4.09. The first-order valence-corrected chi connectivity index (χ1v) is 7.84. The van der Waals surface area contributed by atoms with Gasteiger partial charge in [-0.15, -0.1) is 0 Å². The van der Waals surface area contributed by atoms with Crippen LogP contribution >= 0.6 is 15.9 Å². The lowest BCUT2D eigenvalue weighted by Gasteiger charge is -2.11. The second-order valence-electron chi connectivity index (χ2n) is 5.62. The quantitative estimate of drug-likeness (QED) is 0.824. The van der Waals surface area contributed by atoms with Gasteiger partial charge in [-0.05, 0) is 43.2 Å². The molecule has 0 unspecified atom stereocenters. The minimum atomic E-state index is -0.733. The first-order chi connectivity index (χ1) is 10.6. The van der Waals surface area contributed by atoms with Crippen LogP contribution in [0.2, 0.25) is 0 Å². The van der Waals surface area contributed by atoms with Gasteiger partial charge in [-0.25, -0.2) is 4.39 Å². The van der Waals surface area contributed by atoms with Crippen LogP contribution in [0.4, 0.5) is 10.1 Å². The number of halogens is 2. The maximum absolute atomic E-state index is 14.3. The number of carbonyl (C=O) groups is 1. The summed E-state index contributed by atoms with van der Waals surface area (Å²) in [5.41, 5.74) is 1.62. The molecule has 1 aliphatic heterocycles. The Labute approximate surface area is 135 Å². The second-order valence-corrected chi connectivity index (χ2v) is 6.53. The lowest BCUT2D eigenvalue weighted by molar-refractivity contribution is -0.118. The number of nitrogens with zero attached hydrogens (tertiary/aromatic N) is 1. The van der Waals surface area contributed by atoms with Gasteiger partial charge in [-0.2, -0.15) is 0 Å². The molecule has 0 bridgehead atoms. The predicted octanol–water partition coefficient (Wildman–Crippen LogP) is 3.91. The van der Waals surface area contributed by atoms with Crippen molar-refractivity contribution in [3.63, 3.8) is 0 Å². The van der Waals surface area contributed by atoms with Gasteiger partial charge in [-0.3, -0.25) is 9.79 Å². The molecule has 0 radical (unpaired) electrons. The van der Waals surface area contributed by atoms with E-state index in [1.165, 1.54) is 6.07 Å². The lowest BCUT2D eigenvalue weighted by atomic mass is 10.00. The minimum Gasteiger partial charge on any atom is -0.323 e. The SMILES string of the molecule is O=C1Nc2ccc(Br)cc2C(c2ccccc2F)=NC12CC2. The van der Waals surface area contributed by atoms with Crippen LogP contribution in [0.1, 0.15) is 24.0 Å². The summed E-state index contributed by atoms with van der Waals surface area (Å²) in [6, 6.07) is 12.1. The van der Waals surface area contributed by atoms with Gasteiger partial charge in [0.05, 0.1) is 11.4 Å². The van der Waals surface area contributed by atoms with E-state index in [9.17, 15) is 9.18 Å². The molecule has 0 saturated heterocycles. The van der Waals surface area contributed by atoms with Crippen LogP contribution < -0.4 is 5.32 Å². The fourth-order valence-electron chi connectivity index (χ4n) is 2.70. The van der Waals surface area contributed by atoms with Crippen LogP contribution in [0.25, 0.3) is 0 Å². The van der Waals surface area contributed by atoms with E-state index in [0.29, 0.717) is 29.8 Å². The maximum Gasteiger partial charge on any atom is 0.252 e. The Bertz CT molecular complexity index is 827. The lowest BCUT2D eigenvalue weighted by Crippen LogP contribution is -2.27. The molecule has 0 atom stereocenters. The molecule has 1 aliphatic carbocycles. The van der Waals surface area contributed by atoms with Crippen LogP contribution in [0.15, 0.2) is 51.9 Å². The number of aliphatic imine (C=N–C) groups is 1. The molecule has 1 N–H and O–H groups in total. The average molecular weight is 359 g/mol. The first kappa shape index (κ1) is 13.6. The van der Waals surface area contributed by atoms with Crippen LogP contribution in [0.5, 0.6) is 0 Å². The maximum atomic E-state index is 14.3. The zero-order valence-electron chi connectivity index (χ0n) is 11.6. The number of rotatable bonds is 1. The van der Waals surface area contributed by atoms with Crippen LogP contribution in [0.3, 0.4) is 0 Å². The number of nitrogens with one attached hydrogen (secondary N) is 1. The van der Waals surface area contributed by atoms with Crippen molar-refractivity contribution in [1.29, 1.82) is 0 Å². The van der Waals surface area contributed by atoms with Gasteiger partial charge in [0.2, 0.25) is 0 Å². The van der Waals surface area contributed by atoms with E-state index in [4.69, 9.17) is 0 Å². The van der Waals surface area contributed by atoms with Crippen molar-refractivity contribution >= 4 is 33.2 Å². The Kier molecular flexibility index (Phi) is 2.94. The zero-order chi connectivity index (χ0) is 15.3. The standard InChI is InChI=1S/C17H12BrFN2O/c18-10-5-6-14-12(9-10)15(11-3-1-2-4-13(11)19)21-17(7-8-17)16(22)20-14/h1-6,9H,7-8H2,(H,20,22). The Morgan fingerprint density at radius 1 is 1.14 bits per heavy atom. The van der Waals surface area contributed by atoms with Crippen LogP contribution in [-0.2, 0) is 4.79 Å². The highest BCUT2D eigenvalue weighted by Crippen LogP contribution is 2.44. The normalized spacial score (nSPS) is 18.3. The monoisotopic (exact) mass is 358 g/mol. The highest BCUT2D eigenvalue weighted by molar-refractivity contribution is 9.10. The molecule has 4 rings (SSSR count). The van der Waals surface area contributed by atoms with E-state index in [1.807, 2.05) is 18.2 Å². The third kappa shape index (κ3) is 2.08. The Morgan fingerprint density at radius 2 is 1.91 bits per heavy atom. The second kappa shape index (κ2) is 4.74. The van der Waals surface area contributed by atoms with Crippen LogP contribution in [0, 0.1) is 5.82 Å². The highest BCUT2D eigenvalue weighted by atomic mass is 79.9. The number of hydrogen-bond acceptors (Lipinski definition) is 2. The fraction of sp³-hybridized carbons (Fsp3) is 0.176. The van der Waals surface area contributed by atoms with Crippen molar-refractivity contribution in [1.82, 2.24) is 0 Å². The third-order valence-corrected chi connectivity index (χ3v) is 4.58. The van der Waals surface area contributed by atoms with Gasteiger partial charge in [0.15, 0.2) is 0 Å². The molecule has 0 aromatic heterocycles. The molecule has 110 valence electrons. The molecular weight excluding hydrogens is 347 g/mol. The summed E-state index contributed by atoms with van der Waals surface area (Å²) in [6.45, 7) is 0. The molecular formula is C17H12BrFN2O. The minimum absolute atomic E-state index is 0.109. The fourth-order valence-corrected chi connectivity index (χ4v) is 3.06. The topological polar surface area (TPSA) is 41.5 Å². The average Bonchev–Trinajstić information content (AvgIpc) is 3.29. The van der Waals surface area contributed by atoms with Gasteiger partial charge in [0, 0.05) is 15.6 Å². The van der Waals surface area contributed by atoms with E-state index in [1.54, 1.807) is 18.2 Å². The summed E-state index contributed by atoms with van der Waals surface area (Å²) in [5, 5.41) is 2.92. The molecule has 1 saturated carbocycles. The van der Waals surface area contributed by atoms with E-state index < -0.39 is 5.54 Å². The molecule has 1 spiro atoms. The van der Waals surface area contributed by atoms with Gasteiger partial charge in [0.25, 0.3) is 5.91 Å². The van der Waals surface area contributed by atoms with E-state index in [0.717, 1.165) is 10.0 Å². The van der Waals surface area contributed by atoms with Gasteiger partial charge in [-0.1, -0.05) is 28.1 Å². The van der Waals surface area contributed by atoms with Crippen LogP contribution in [-0.4, -0.2) is 17.2 Å². The number of carbonyl (C=O) groups excluding carboxylic acids is 1. The van der Waals surface area contributed by atoms with E-state index >= 15 is 0 Å². The molecule has 3 nitrogen and oxygen atoms in total. The molecule has 1 fully saturated rings. The summed E-state index contributed by atoms with van der Waals surface area (Å²) in [5.74, 6) is -0.445. The predicted molar refractivity (Wildman–Crippen MR) is 86.8 cm³/mol. The van der Waals surface area contributed by atoms with Crippen molar-refractivity contribution < 1.29 is 9.18 Å². The van der Waals surface area contributed by atoms with Crippen molar-refractivity contribution in [3.8, 4) is 0 Å². The molecule has 5 heteroatoms. The van der Waals surface area contributed by atoms with Gasteiger partial charge < -0.3 is 5.32 Å². The smallest absolute Gasteiger partial charge is 0.252 e. The van der Waals surface area contributed by atoms with Crippen molar-refractivity contribution in [2.24, 2.45) is 4.99 Å². The largest absolute Gasteiger partial charge is 0.323 e. The summed E-state index contributed by atoms with van der Waals surface area (Å²) in [4.78, 5) is 17.0. The summed E-state index contributed by atoms with van der Waals surface area (Å²) >= 11 is 3.43. The Hall–Kier alpha value is -2.01. The number of fused-ring (bicyclic) bond motifs is 1. The molecule has 2 aromatic carbocycles. The number of anilines is 1. The van der Waals surface area contributed by atoms with Gasteiger partial charge >= 0.3 is 0 Å². The molecule has 2 aliphatic rings. The molecule has 2 aromatic rings. The number of benzene rings is 2. The molecule has 22 heavy (non-hydrogen) atoms. The van der Waals surface area contributed by atoms with Crippen molar-refractivity contribution in [3.05, 3.63) is 63.9 Å². The molecule has 1 amide bonds. The highest BCUT2D eigenvalue weighted by Gasteiger charge is 2.51. The van der Waals surface area contributed by atoms with Crippen molar-refractivity contribution in [2.75, 3.05) is 5.32 Å². The number of hydrogen-bond donors (Lipinski definition) is 1. The van der Waals surface area contributed by atoms with E-state index in [2.05, 4.69) is 26.2 Å². The van der Waals surface area contributed by atoms with Crippen molar-refractivity contribution in [2.45, 2.75) is 18.4 Å². The summed E-state index contributed by atoms with van der Waals surface area (Å²) in [6.07, 6.45) is 1.40. The Balaban J connectivity index is 2.00. The summed E-state index contributed by atoms with van der Waals surface area (Å²) < 4.78 is 15.1. The number of amides is 1. The Morgan fingerprint density at radius 3 is 2.64 bits per heavy atom. The summed E-state index contributed by atoms with van der Waals surface area (Å²) in [7, 11) is 0. The van der Waals surface area contributed by atoms with Gasteiger partial charge in [0.1, 0.15) is 11.4 Å². The zero-order valence-corrected chi connectivity index (χ0v) is 13.2. The molecule has 1 heterocycles. The first-order valence-electron chi connectivity index (χ1n) is 7.05.